The van der Waals surface area contributed by atoms with Crippen molar-refractivity contribution < 1.29 is 0 Å². The van der Waals surface area contributed by atoms with E-state index in [0.717, 1.165) is 6.42 Å². The Kier molecular flexibility index (Phi) is 6.45. The number of unbranched alkanes of at least 4 members (excludes halogenated alkanes) is 1. The fourth-order valence-corrected chi connectivity index (χ4v) is 1.11. The first-order chi connectivity index (χ1) is 5.70. The van der Waals surface area contributed by atoms with Gasteiger partial charge in [0.1, 0.15) is 0 Å². The summed E-state index contributed by atoms with van der Waals surface area (Å²) in [7, 11) is 0. The molecule has 0 unspecified atom stereocenters. The lowest BCUT2D eigenvalue weighted by Gasteiger charge is -1.98. The summed E-state index contributed by atoms with van der Waals surface area (Å²) < 4.78 is 0. The number of hydrogen-bond donors (Lipinski definition) is 0. The predicted molar refractivity (Wildman–Crippen MR) is 57.2 cm³/mol. The van der Waals surface area contributed by atoms with Crippen molar-refractivity contribution in [1.29, 1.82) is 0 Å². The zero-order chi connectivity index (χ0) is 9.40. The van der Waals surface area contributed by atoms with E-state index in [1.807, 2.05) is 6.92 Å². The molecule has 0 aromatic heterocycles. The van der Waals surface area contributed by atoms with Crippen LogP contribution in [0.15, 0.2) is 36.0 Å². The topological polar surface area (TPSA) is 0 Å². The molecule has 0 radical (unpaired) electrons. The first kappa shape index (κ1) is 11.2. The minimum Gasteiger partial charge on any atom is -0.0958 e. The Morgan fingerprint density at radius 2 is 2.08 bits per heavy atom. The van der Waals surface area contributed by atoms with E-state index in [4.69, 9.17) is 0 Å². The van der Waals surface area contributed by atoms with Gasteiger partial charge in [0.05, 0.1) is 0 Å². The average molecular weight is 164 g/mol. The van der Waals surface area contributed by atoms with Crippen LogP contribution in [0.2, 0.25) is 0 Å². The molecule has 0 fully saturated rings. The van der Waals surface area contributed by atoms with Gasteiger partial charge in [-0.1, -0.05) is 49.3 Å². The Balaban J connectivity index is 3.88. The molecule has 0 heteroatoms. The summed E-state index contributed by atoms with van der Waals surface area (Å²) in [6, 6.07) is 0. The van der Waals surface area contributed by atoms with Crippen molar-refractivity contribution in [3.05, 3.63) is 36.0 Å². The highest BCUT2D eigenvalue weighted by atomic mass is 13.9. The molecule has 0 aliphatic rings. The van der Waals surface area contributed by atoms with Gasteiger partial charge < -0.3 is 0 Å². The van der Waals surface area contributed by atoms with Crippen LogP contribution in [0.1, 0.15) is 40.0 Å². The van der Waals surface area contributed by atoms with E-state index in [-0.39, 0.29) is 0 Å². The normalized spacial score (nSPS) is 12.4. The van der Waals surface area contributed by atoms with Crippen LogP contribution in [0.25, 0.3) is 0 Å². The summed E-state index contributed by atoms with van der Waals surface area (Å²) in [6.07, 6.45) is 9.95. The van der Waals surface area contributed by atoms with Gasteiger partial charge >= 0.3 is 0 Å². The first-order valence-corrected chi connectivity index (χ1v) is 4.69. The number of rotatable bonds is 5. The highest BCUT2D eigenvalue weighted by molar-refractivity contribution is 5.26. The minimum atomic E-state index is 1.13. The van der Waals surface area contributed by atoms with Crippen LogP contribution in [0, 0.1) is 0 Å². The summed E-state index contributed by atoms with van der Waals surface area (Å²) in [5, 5.41) is 0. The van der Waals surface area contributed by atoms with Gasteiger partial charge in [-0.15, -0.1) is 0 Å². The molecule has 0 bridgehead atoms. The van der Waals surface area contributed by atoms with E-state index in [1.54, 1.807) is 0 Å². The molecule has 0 amide bonds. The SMILES string of the molecule is C=C(/C=C(C)\C=C/C)CCCC. The van der Waals surface area contributed by atoms with Crippen LogP contribution >= 0.6 is 0 Å². The molecule has 12 heavy (non-hydrogen) atoms. The standard InChI is InChI=1S/C12H20/c1-5-7-9-12(4)10-11(3)8-6-2/h6,8,10H,4-5,7,9H2,1-3H3/b8-6-,11-10-. The van der Waals surface area contributed by atoms with Crippen LogP contribution in [0.4, 0.5) is 0 Å². The smallest absolute Gasteiger partial charge is 0.0285 e. The Morgan fingerprint density at radius 3 is 2.58 bits per heavy atom. The molecule has 0 saturated heterocycles. The van der Waals surface area contributed by atoms with Crippen molar-refractivity contribution in [1.82, 2.24) is 0 Å². The maximum atomic E-state index is 4.00. The predicted octanol–water partition coefficient (Wildman–Crippen LogP) is 4.26. The molecule has 0 aromatic rings. The lowest BCUT2D eigenvalue weighted by atomic mass is 10.1. The van der Waals surface area contributed by atoms with E-state index in [2.05, 4.69) is 38.7 Å². The second-order valence-electron chi connectivity index (χ2n) is 3.15. The van der Waals surface area contributed by atoms with Crippen molar-refractivity contribution in [2.75, 3.05) is 0 Å². The van der Waals surface area contributed by atoms with Crippen LogP contribution in [0.5, 0.6) is 0 Å². The monoisotopic (exact) mass is 164 g/mol. The summed E-state index contributed by atoms with van der Waals surface area (Å²) in [6.45, 7) is 10.4. The van der Waals surface area contributed by atoms with Crippen molar-refractivity contribution in [2.24, 2.45) is 0 Å². The van der Waals surface area contributed by atoms with E-state index in [9.17, 15) is 0 Å². The Morgan fingerprint density at radius 1 is 1.42 bits per heavy atom. The summed E-state index contributed by atoms with van der Waals surface area (Å²) >= 11 is 0. The molecule has 0 N–H and O–H groups in total. The lowest BCUT2D eigenvalue weighted by Crippen LogP contribution is -1.78. The van der Waals surface area contributed by atoms with E-state index in [1.165, 1.54) is 24.0 Å². The quantitative estimate of drug-likeness (QED) is 0.533. The largest absolute Gasteiger partial charge is 0.0958 e. The molecule has 0 heterocycles. The fraction of sp³-hybridized carbons (Fsp3) is 0.500. The van der Waals surface area contributed by atoms with Gasteiger partial charge in [-0.2, -0.15) is 0 Å². The average Bonchev–Trinajstić information content (AvgIpc) is 2.01. The van der Waals surface area contributed by atoms with E-state index < -0.39 is 0 Å². The molecular weight excluding hydrogens is 144 g/mol. The zero-order valence-electron chi connectivity index (χ0n) is 8.56. The van der Waals surface area contributed by atoms with Crippen molar-refractivity contribution in [3.63, 3.8) is 0 Å². The summed E-state index contributed by atoms with van der Waals surface area (Å²) in [4.78, 5) is 0. The zero-order valence-corrected chi connectivity index (χ0v) is 8.56. The molecule has 0 rings (SSSR count). The molecule has 0 spiro atoms. The maximum absolute atomic E-state index is 4.00. The molecule has 0 saturated carbocycles. The Labute approximate surface area is 76.7 Å². The van der Waals surface area contributed by atoms with Gasteiger partial charge in [0, 0.05) is 0 Å². The molecular formula is C12H20. The molecule has 0 aliphatic carbocycles. The van der Waals surface area contributed by atoms with E-state index >= 15 is 0 Å². The molecule has 0 atom stereocenters. The summed E-state index contributed by atoms with van der Waals surface area (Å²) in [5.74, 6) is 0. The van der Waals surface area contributed by atoms with Gasteiger partial charge in [-0.05, 0) is 26.7 Å². The van der Waals surface area contributed by atoms with E-state index in [0.29, 0.717) is 0 Å². The number of hydrogen-bond acceptors (Lipinski definition) is 0. The van der Waals surface area contributed by atoms with Crippen LogP contribution in [-0.4, -0.2) is 0 Å². The third-order valence-electron chi connectivity index (χ3n) is 1.71. The Hall–Kier alpha value is -0.780. The van der Waals surface area contributed by atoms with Gasteiger partial charge in [-0.3, -0.25) is 0 Å². The van der Waals surface area contributed by atoms with Gasteiger partial charge in [-0.25, -0.2) is 0 Å². The first-order valence-electron chi connectivity index (χ1n) is 4.69. The summed E-state index contributed by atoms with van der Waals surface area (Å²) in [5.41, 5.74) is 2.53. The minimum absolute atomic E-state index is 1.13. The third-order valence-corrected chi connectivity index (χ3v) is 1.71. The molecule has 0 aliphatic heterocycles. The van der Waals surface area contributed by atoms with Gasteiger partial charge in [0.15, 0.2) is 0 Å². The fourth-order valence-electron chi connectivity index (χ4n) is 1.11. The van der Waals surface area contributed by atoms with Gasteiger partial charge in [0.25, 0.3) is 0 Å². The molecule has 0 aromatic carbocycles. The third kappa shape index (κ3) is 5.96. The Bertz CT molecular complexity index is 182. The maximum Gasteiger partial charge on any atom is -0.0285 e. The highest BCUT2D eigenvalue weighted by Crippen LogP contribution is 2.09. The second kappa shape index (κ2) is 6.90. The van der Waals surface area contributed by atoms with Gasteiger partial charge in [0.2, 0.25) is 0 Å². The highest BCUT2D eigenvalue weighted by Gasteiger charge is 1.89. The second-order valence-corrected chi connectivity index (χ2v) is 3.15. The van der Waals surface area contributed by atoms with Crippen LogP contribution in [0.3, 0.4) is 0 Å². The lowest BCUT2D eigenvalue weighted by molar-refractivity contribution is 0.799. The van der Waals surface area contributed by atoms with Crippen LogP contribution in [-0.2, 0) is 0 Å². The number of allylic oxidation sites excluding steroid dienone is 5. The van der Waals surface area contributed by atoms with Crippen molar-refractivity contribution in [2.45, 2.75) is 40.0 Å². The molecule has 0 nitrogen and oxygen atoms in total. The van der Waals surface area contributed by atoms with Crippen molar-refractivity contribution in [3.8, 4) is 0 Å². The van der Waals surface area contributed by atoms with Crippen molar-refractivity contribution >= 4 is 0 Å². The van der Waals surface area contributed by atoms with Crippen LogP contribution < -0.4 is 0 Å². The molecule has 68 valence electrons.